The van der Waals surface area contributed by atoms with E-state index in [-0.39, 0.29) is 24.8 Å². The van der Waals surface area contributed by atoms with Crippen molar-refractivity contribution in [2.24, 2.45) is 0 Å². The maximum absolute atomic E-state index is 11.9. The van der Waals surface area contributed by atoms with Gasteiger partial charge in [-0.05, 0) is 23.8 Å². The molecule has 0 amide bonds. The maximum atomic E-state index is 11.9. The molecule has 3 nitrogen and oxygen atoms in total. The van der Waals surface area contributed by atoms with Crippen molar-refractivity contribution in [2.45, 2.75) is 13.0 Å². The number of allylic oxidation sites excluding steroid dienone is 1. The molecule has 0 heterocycles. The van der Waals surface area contributed by atoms with Gasteiger partial charge >= 0.3 is 5.97 Å². The Morgan fingerprint density at radius 2 is 1.82 bits per heavy atom. The van der Waals surface area contributed by atoms with Crippen LogP contribution in [0, 0.1) is 0 Å². The van der Waals surface area contributed by atoms with E-state index in [0.29, 0.717) is 5.56 Å². The summed E-state index contributed by atoms with van der Waals surface area (Å²) in [6.07, 6.45) is 2.99. The molecule has 0 unspecified atom stereocenters. The lowest BCUT2D eigenvalue weighted by Crippen LogP contribution is -2.03. The Morgan fingerprint density at radius 1 is 1.05 bits per heavy atom. The summed E-state index contributed by atoms with van der Waals surface area (Å²) in [4.78, 5) is 23.5. The molecule has 0 N–H and O–H groups in total. The van der Waals surface area contributed by atoms with Crippen LogP contribution in [-0.4, -0.2) is 11.8 Å². The number of carbonyl (C=O) groups is 2. The molecule has 0 saturated heterocycles. The molecule has 112 valence electrons. The number of ketones is 1. The van der Waals surface area contributed by atoms with E-state index in [0.717, 1.165) is 10.0 Å². The predicted molar refractivity (Wildman–Crippen MR) is 88.5 cm³/mol. The quantitative estimate of drug-likeness (QED) is 0.438. The van der Waals surface area contributed by atoms with Gasteiger partial charge < -0.3 is 4.74 Å². The lowest BCUT2D eigenvalue weighted by molar-refractivity contribution is -0.143. The summed E-state index contributed by atoms with van der Waals surface area (Å²) in [5.74, 6) is -0.501. The summed E-state index contributed by atoms with van der Waals surface area (Å²) in [5, 5.41) is 0. The average molecular weight is 359 g/mol. The molecule has 2 aromatic carbocycles. The van der Waals surface area contributed by atoms with Gasteiger partial charge in [-0.3, -0.25) is 9.59 Å². The van der Waals surface area contributed by atoms with Gasteiger partial charge in [0.05, 0.1) is 6.42 Å². The van der Waals surface area contributed by atoms with Crippen LogP contribution < -0.4 is 0 Å². The number of ether oxygens (including phenoxy) is 1. The van der Waals surface area contributed by atoms with Crippen molar-refractivity contribution in [3.8, 4) is 0 Å². The van der Waals surface area contributed by atoms with Crippen LogP contribution in [-0.2, 0) is 16.1 Å². The van der Waals surface area contributed by atoms with Crippen LogP contribution in [0.5, 0.6) is 0 Å². The molecule has 0 aliphatic rings. The smallest absolute Gasteiger partial charge is 0.309 e. The van der Waals surface area contributed by atoms with Crippen LogP contribution in [0.3, 0.4) is 0 Å². The van der Waals surface area contributed by atoms with Crippen LogP contribution in [0.4, 0.5) is 0 Å². The zero-order valence-corrected chi connectivity index (χ0v) is 13.5. The Hall–Kier alpha value is -2.20. The van der Waals surface area contributed by atoms with Gasteiger partial charge in [0.15, 0.2) is 5.78 Å². The molecule has 22 heavy (non-hydrogen) atoms. The van der Waals surface area contributed by atoms with Crippen LogP contribution >= 0.6 is 15.9 Å². The molecular weight excluding hydrogens is 344 g/mol. The van der Waals surface area contributed by atoms with Gasteiger partial charge in [0.25, 0.3) is 0 Å². The van der Waals surface area contributed by atoms with Gasteiger partial charge in [-0.1, -0.05) is 64.5 Å². The second kappa shape index (κ2) is 8.29. The van der Waals surface area contributed by atoms with Gasteiger partial charge in [-0.2, -0.15) is 0 Å². The van der Waals surface area contributed by atoms with Gasteiger partial charge in [0, 0.05) is 10.0 Å². The van der Waals surface area contributed by atoms with E-state index in [2.05, 4.69) is 15.9 Å². The van der Waals surface area contributed by atoms with Crippen molar-refractivity contribution in [3.05, 3.63) is 82.3 Å². The Labute approximate surface area is 137 Å². The van der Waals surface area contributed by atoms with E-state index in [9.17, 15) is 9.59 Å². The Kier molecular flexibility index (Phi) is 6.10. The summed E-state index contributed by atoms with van der Waals surface area (Å²) in [6, 6.07) is 16.6. The fourth-order valence-corrected chi connectivity index (χ4v) is 2.20. The summed E-state index contributed by atoms with van der Waals surface area (Å²) in [6.45, 7) is 0.243. The molecule has 0 aliphatic carbocycles. The molecule has 4 heteroatoms. The highest BCUT2D eigenvalue weighted by atomic mass is 79.9. The molecule has 0 spiro atoms. The third kappa shape index (κ3) is 5.30. The first-order valence-corrected chi connectivity index (χ1v) is 7.60. The second-order valence-corrected chi connectivity index (χ2v) is 5.54. The molecule has 0 bridgehead atoms. The molecule has 2 aromatic rings. The largest absolute Gasteiger partial charge is 0.461 e. The number of halogens is 1. The number of benzene rings is 2. The fraction of sp³-hybridized carbons (Fsp3) is 0.111. The van der Waals surface area contributed by atoms with Crippen LogP contribution in [0.25, 0.3) is 0 Å². The van der Waals surface area contributed by atoms with E-state index in [1.54, 1.807) is 18.2 Å². The SMILES string of the molecule is O=C(C/C=C\C(=O)c1cccc(Br)c1)OCc1ccccc1. The number of rotatable bonds is 6. The van der Waals surface area contributed by atoms with E-state index < -0.39 is 0 Å². The number of hydrogen-bond acceptors (Lipinski definition) is 3. The van der Waals surface area contributed by atoms with Crippen molar-refractivity contribution in [1.29, 1.82) is 0 Å². The third-order valence-electron chi connectivity index (χ3n) is 2.91. The zero-order valence-electron chi connectivity index (χ0n) is 11.9. The van der Waals surface area contributed by atoms with E-state index in [4.69, 9.17) is 4.74 Å². The van der Waals surface area contributed by atoms with Gasteiger partial charge in [-0.15, -0.1) is 0 Å². The van der Waals surface area contributed by atoms with Crippen molar-refractivity contribution >= 4 is 27.7 Å². The van der Waals surface area contributed by atoms with Crippen LogP contribution in [0.2, 0.25) is 0 Å². The molecule has 0 saturated carbocycles. The van der Waals surface area contributed by atoms with E-state index >= 15 is 0 Å². The molecule has 2 rings (SSSR count). The summed E-state index contributed by atoms with van der Waals surface area (Å²) < 4.78 is 5.97. The van der Waals surface area contributed by atoms with Crippen molar-refractivity contribution in [1.82, 2.24) is 0 Å². The molecule has 0 aliphatic heterocycles. The predicted octanol–water partition coefficient (Wildman–Crippen LogP) is 4.32. The van der Waals surface area contributed by atoms with E-state index in [1.807, 2.05) is 36.4 Å². The van der Waals surface area contributed by atoms with Crippen molar-refractivity contribution in [2.75, 3.05) is 0 Å². The second-order valence-electron chi connectivity index (χ2n) is 4.63. The van der Waals surface area contributed by atoms with Gasteiger partial charge in [-0.25, -0.2) is 0 Å². The lowest BCUT2D eigenvalue weighted by Gasteiger charge is -2.02. The topological polar surface area (TPSA) is 43.4 Å². The van der Waals surface area contributed by atoms with E-state index in [1.165, 1.54) is 12.2 Å². The molecule has 0 atom stereocenters. The first kappa shape index (κ1) is 16.2. The minimum absolute atomic E-state index is 0.0760. The highest BCUT2D eigenvalue weighted by Gasteiger charge is 2.04. The molecule has 0 fully saturated rings. The minimum Gasteiger partial charge on any atom is -0.461 e. The fourth-order valence-electron chi connectivity index (χ4n) is 1.80. The summed E-state index contributed by atoms with van der Waals surface area (Å²) >= 11 is 3.31. The molecular formula is C18H15BrO3. The first-order valence-electron chi connectivity index (χ1n) is 6.81. The Balaban J connectivity index is 1.79. The van der Waals surface area contributed by atoms with Crippen LogP contribution in [0.1, 0.15) is 22.3 Å². The summed E-state index contributed by atoms with van der Waals surface area (Å²) in [7, 11) is 0. The normalized spacial score (nSPS) is 10.6. The molecule has 0 aromatic heterocycles. The monoisotopic (exact) mass is 358 g/mol. The Morgan fingerprint density at radius 3 is 2.55 bits per heavy atom. The first-order chi connectivity index (χ1) is 10.6. The van der Waals surface area contributed by atoms with Gasteiger partial charge in [0.1, 0.15) is 6.61 Å². The highest BCUT2D eigenvalue weighted by Crippen LogP contribution is 2.12. The minimum atomic E-state index is -0.359. The lowest BCUT2D eigenvalue weighted by atomic mass is 10.1. The van der Waals surface area contributed by atoms with Crippen molar-refractivity contribution in [3.63, 3.8) is 0 Å². The van der Waals surface area contributed by atoms with Crippen molar-refractivity contribution < 1.29 is 14.3 Å². The maximum Gasteiger partial charge on any atom is 0.309 e. The number of esters is 1. The number of hydrogen-bond donors (Lipinski definition) is 0. The summed E-state index contributed by atoms with van der Waals surface area (Å²) in [5.41, 5.74) is 1.51. The van der Waals surface area contributed by atoms with Gasteiger partial charge in [0.2, 0.25) is 0 Å². The van der Waals surface area contributed by atoms with Crippen LogP contribution in [0.15, 0.2) is 71.2 Å². The third-order valence-corrected chi connectivity index (χ3v) is 3.40. The average Bonchev–Trinajstić information content (AvgIpc) is 2.54. The standard InChI is InChI=1S/C18H15BrO3/c19-16-9-4-8-15(12-16)17(20)10-5-11-18(21)22-13-14-6-2-1-3-7-14/h1-10,12H,11,13H2/b10-5-. The molecule has 0 radical (unpaired) electrons. The highest BCUT2D eigenvalue weighted by molar-refractivity contribution is 9.10. The zero-order chi connectivity index (χ0) is 15.8. The number of carbonyl (C=O) groups excluding carboxylic acids is 2. The Bertz CT molecular complexity index is 678.